The van der Waals surface area contributed by atoms with Crippen molar-refractivity contribution in [3.05, 3.63) is 51.0 Å². The normalized spacial score (nSPS) is 22.8. The van der Waals surface area contributed by atoms with E-state index in [-0.39, 0.29) is 22.1 Å². The van der Waals surface area contributed by atoms with Gasteiger partial charge in [0, 0.05) is 37.3 Å². The van der Waals surface area contributed by atoms with E-state index in [1.54, 1.807) is 19.1 Å². The van der Waals surface area contributed by atoms with Crippen molar-refractivity contribution in [1.82, 2.24) is 31.0 Å². The first-order valence-corrected chi connectivity index (χ1v) is 11.7. The Morgan fingerprint density at radius 2 is 2.09 bits per heavy atom. The van der Waals surface area contributed by atoms with Gasteiger partial charge in [-0.15, -0.1) is 11.3 Å². The number of nitrogens with zero attached hydrogens (tertiary/aromatic N) is 3. The van der Waals surface area contributed by atoms with Gasteiger partial charge in [-0.25, -0.2) is 9.99 Å². The number of rotatable bonds is 6. The molecule has 4 amide bonds. The van der Waals surface area contributed by atoms with E-state index in [4.69, 9.17) is 5.48 Å². The van der Waals surface area contributed by atoms with Crippen molar-refractivity contribution in [3.63, 3.8) is 0 Å². The lowest BCUT2D eigenvalue weighted by Gasteiger charge is -2.28. The highest BCUT2D eigenvalue weighted by Gasteiger charge is 2.38. The van der Waals surface area contributed by atoms with Crippen LogP contribution in [0.5, 0.6) is 0 Å². The van der Waals surface area contributed by atoms with Crippen LogP contribution in [0, 0.1) is 12.8 Å². The number of hydrogen-bond acceptors (Lipinski definition) is 7. The van der Waals surface area contributed by atoms with Gasteiger partial charge >= 0.3 is 0 Å². The average Bonchev–Trinajstić information content (AvgIpc) is 3.45. The summed E-state index contributed by atoms with van der Waals surface area (Å²) >= 11 is 0.737. The van der Waals surface area contributed by atoms with Crippen LogP contribution in [-0.2, 0) is 16.1 Å². The Hall–Kier alpha value is -3.31. The van der Waals surface area contributed by atoms with Gasteiger partial charge in [-0.05, 0) is 24.5 Å². The van der Waals surface area contributed by atoms with Gasteiger partial charge in [-0.1, -0.05) is 31.2 Å². The van der Waals surface area contributed by atoms with Crippen LogP contribution in [0.3, 0.4) is 0 Å². The molecule has 0 bridgehead atoms. The maximum atomic E-state index is 13.4. The quantitative estimate of drug-likeness (QED) is 0.557. The predicted molar refractivity (Wildman–Crippen MR) is 126 cm³/mol. The SMILES string of the molecule is [2H]C([2H])([2H])NC(=O)c1nc(C)c(C(=O)NC[C@@H](C)C(=O)N[C@]2([2H])C(=O)N3CCCN3Cc3ccccc32)s1. The summed E-state index contributed by atoms with van der Waals surface area (Å²) in [5.74, 6) is -3.43. The Morgan fingerprint density at radius 3 is 2.88 bits per heavy atom. The van der Waals surface area contributed by atoms with Crippen molar-refractivity contribution in [2.45, 2.75) is 32.8 Å². The van der Waals surface area contributed by atoms with Gasteiger partial charge in [0.05, 0.1) is 13.0 Å². The molecule has 0 aliphatic carbocycles. The molecule has 11 heteroatoms. The molecule has 0 radical (unpaired) electrons. The van der Waals surface area contributed by atoms with Crippen LogP contribution in [0.1, 0.15) is 61.1 Å². The van der Waals surface area contributed by atoms with E-state index in [0.717, 1.165) is 23.3 Å². The van der Waals surface area contributed by atoms with E-state index in [2.05, 4.69) is 15.6 Å². The second-order valence-electron chi connectivity index (χ2n) is 8.19. The maximum absolute atomic E-state index is 13.4. The topological polar surface area (TPSA) is 124 Å². The Bertz CT molecular complexity index is 1280. The number of amides is 4. The summed E-state index contributed by atoms with van der Waals surface area (Å²) in [4.78, 5) is 55.5. The third-order valence-corrected chi connectivity index (χ3v) is 6.95. The van der Waals surface area contributed by atoms with Crippen LogP contribution in [0.25, 0.3) is 0 Å². The summed E-state index contributed by atoms with van der Waals surface area (Å²) in [7, 11) is 0. The lowest BCUT2D eigenvalue weighted by Crippen LogP contribution is -2.47. The van der Waals surface area contributed by atoms with Crippen molar-refractivity contribution >= 4 is 35.0 Å². The van der Waals surface area contributed by atoms with Gasteiger partial charge in [0.15, 0.2) is 5.01 Å². The first-order valence-electron chi connectivity index (χ1n) is 12.9. The van der Waals surface area contributed by atoms with Gasteiger partial charge in [-0.2, -0.15) is 0 Å². The van der Waals surface area contributed by atoms with Crippen molar-refractivity contribution in [2.24, 2.45) is 5.92 Å². The van der Waals surface area contributed by atoms with Crippen molar-refractivity contribution in [3.8, 4) is 0 Å². The standard InChI is InChI=1S/C23H28N6O4S/c1-13(11-25-20(31)18-14(2)26-22(34-18)21(32)24-3)19(30)27-17-16-8-5-4-7-15(16)12-28-9-6-10-29(28)23(17)33/h4-5,7-8,13,17H,6,9-12H2,1-3H3,(H,24,32)(H,25,31)(H,27,30)/t13-,17+/m1/s1/i3D3,17D. The molecule has 0 spiro atoms. The number of nitrogens with one attached hydrogen (secondary N) is 3. The number of fused-ring (bicyclic) bond motifs is 2. The lowest BCUT2D eigenvalue weighted by atomic mass is 9.99. The molecule has 34 heavy (non-hydrogen) atoms. The van der Waals surface area contributed by atoms with E-state index in [9.17, 15) is 19.2 Å². The highest BCUT2D eigenvalue weighted by Crippen LogP contribution is 2.29. The zero-order valence-electron chi connectivity index (χ0n) is 22.8. The van der Waals surface area contributed by atoms with Gasteiger partial charge in [-0.3, -0.25) is 24.2 Å². The number of carbonyl (C=O) groups excluding carboxylic acids is 4. The Kier molecular flexibility index (Phi) is 5.54. The second kappa shape index (κ2) is 9.90. The Balaban J connectivity index is 1.44. The van der Waals surface area contributed by atoms with E-state index < -0.39 is 42.5 Å². The fraction of sp³-hybridized carbons (Fsp3) is 0.435. The molecule has 3 N–H and O–H groups in total. The molecule has 1 aromatic carbocycles. The fourth-order valence-electron chi connectivity index (χ4n) is 3.95. The van der Waals surface area contributed by atoms with Crippen LogP contribution in [0.2, 0.25) is 0 Å². The van der Waals surface area contributed by atoms with Crippen molar-refractivity contribution in [2.75, 3.05) is 26.6 Å². The van der Waals surface area contributed by atoms with Gasteiger partial charge in [0.1, 0.15) is 10.9 Å². The summed E-state index contributed by atoms with van der Waals surface area (Å²) in [6.45, 7) is 1.88. The number of carbonyl (C=O) groups is 4. The molecule has 3 heterocycles. The molecule has 1 fully saturated rings. The monoisotopic (exact) mass is 488 g/mol. The largest absolute Gasteiger partial charge is 0.353 e. The minimum Gasteiger partial charge on any atom is -0.353 e. The fourth-order valence-corrected chi connectivity index (χ4v) is 4.82. The van der Waals surface area contributed by atoms with Crippen LogP contribution >= 0.6 is 11.3 Å². The first-order chi connectivity index (χ1) is 17.8. The Labute approximate surface area is 207 Å². The zero-order chi connectivity index (χ0) is 27.8. The molecule has 4 rings (SSSR count). The third-order valence-electron chi connectivity index (χ3n) is 5.79. The predicted octanol–water partition coefficient (Wildman–Crippen LogP) is 0.997. The van der Waals surface area contributed by atoms with E-state index in [1.165, 1.54) is 11.9 Å². The van der Waals surface area contributed by atoms with Crippen LogP contribution in [0.4, 0.5) is 0 Å². The smallest absolute Gasteiger partial charge is 0.280 e. The van der Waals surface area contributed by atoms with Crippen LogP contribution in [-0.4, -0.2) is 65.2 Å². The van der Waals surface area contributed by atoms with Crippen molar-refractivity contribution < 1.29 is 24.7 Å². The molecule has 1 saturated heterocycles. The van der Waals surface area contributed by atoms with Crippen molar-refractivity contribution in [1.29, 1.82) is 0 Å². The molecule has 2 aliphatic heterocycles. The molecule has 0 saturated carbocycles. The molecule has 1 aromatic heterocycles. The van der Waals surface area contributed by atoms with Crippen LogP contribution in [0.15, 0.2) is 24.3 Å². The summed E-state index contributed by atoms with van der Waals surface area (Å²) in [5.41, 5.74) is 1.42. The minimum absolute atomic E-state index is 0.104. The Morgan fingerprint density at radius 1 is 1.29 bits per heavy atom. The molecule has 2 aromatic rings. The van der Waals surface area contributed by atoms with E-state index >= 15 is 0 Å². The van der Waals surface area contributed by atoms with Gasteiger partial charge < -0.3 is 16.0 Å². The maximum Gasteiger partial charge on any atom is 0.280 e. The summed E-state index contributed by atoms with van der Waals surface area (Å²) in [5, 5.41) is 10.3. The molecule has 180 valence electrons. The third kappa shape index (κ3) is 4.66. The highest BCUT2D eigenvalue weighted by molar-refractivity contribution is 7.15. The molecular formula is C23H28N6O4S. The molecule has 2 aliphatic rings. The first kappa shape index (κ1) is 19.0. The zero-order valence-corrected chi connectivity index (χ0v) is 19.6. The van der Waals surface area contributed by atoms with E-state index in [0.29, 0.717) is 25.2 Å². The highest BCUT2D eigenvalue weighted by atomic mass is 32.1. The van der Waals surface area contributed by atoms with Gasteiger partial charge in [0.2, 0.25) is 5.91 Å². The summed E-state index contributed by atoms with van der Waals surface area (Å²) in [6, 6.07) is 5.04. The number of hydrazine groups is 1. The number of hydrogen-bond donors (Lipinski definition) is 3. The molecule has 10 nitrogen and oxygen atoms in total. The number of aryl methyl sites for hydroxylation is 1. The molecular weight excluding hydrogens is 456 g/mol. The lowest BCUT2D eigenvalue weighted by molar-refractivity contribution is -0.148. The second-order valence-corrected chi connectivity index (χ2v) is 9.19. The minimum atomic E-state index is -2.69. The number of thiazole rings is 1. The average molecular weight is 489 g/mol. The molecule has 2 atom stereocenters. The summed E-state index contributed by atoms with van der Waals surface area (Å²) < 4.78 is 30.5. The van der Waals surface area contributed by atoms with E-state index in [1.807, 2.05) is 22.5 Å². The van der Waals surface area contributed by atoms with Gasteiger partial charge in [0.25, 0.3) is 17.7 Å². The van der Waals surface area contributed by atoms with Crippen LogP contribution < -0.4 is 16.0 Å². The summed E-state index contributed by atoms with van der Waals surface area (Å²) in [6.07, 6.45) is 0.775. The number of benzene rings is 1. The number of aromatic nitrogens is 1. The molecule has 0 unspecified atom stereocenters.